The number of esters is 1. The lowest BCUT2D eigenvalue weighted by Gasteiger charge is -2.13. The molecule has 0 unspecified atom stereocenters. The van der Waals surface area contributed by atoms with E-state index in [9.17, 15) is 9.59 Å². The summed E-state index contributed by atoms with van der Waals surface area (Å²) in [5.41, 5.74) is 1.83. The highest BCUT2D eigenvalue weighted by Gasteiger charge is 2.41. The van der Waals surface area contributed by atoms with Gasteiger partial charge in [0.2, 0.25) is 0 Å². The monoisotopic (exact) mass is 261 g/mol. The Morgan fingerprint density at radius 3 is 2.42 bits per heavy atom. The van der Waals surface area contributed by atoms with Crippen molar-refractivity contribution in [3.05, 3.63) is 29.8 Å². The summed E-state index contributed by atoms with van der Waals surface area (Å²) in [6.45, 7) is 5.57. The molecule has 1 saturated carbocycles. The average Bonchev–Trinajstić information content (AvgIpc) is 3.09. The van der Waals surface area contributed by atoms with E-state index in [2.05, 4.69) is 5.32 Å². The summed E-state index contributed by atoms with van der Waals surface area (Å²) < 4.78 is 5.15. The third kappa shape index (κ3) is 3.56. The molecule has 0 radical (unpaired) electrons. The van der Waals surface area contributed by atoms with Crippen LogP contribution in [0.4, 0.5) is 5.69 Å². The molecule has 4 nitrogen and oxygen atoms in total. The lowest BCUT2D eigenvalue weighted by atomic mass is 10.2. The molecule has 19 heavy (non-hydrogen) atoms. The standard InChI is InChI=1S/C15H19NO3/c1-9-4-6-12(7-5-9)16-14(17)11(3)19-15(18)13-8-10(13)2/h4-7,10-11,13H,8H2,1-3H3,(H,16,17)/t10-,11-,13+/m0/s1. The van der Waals surface area contributed by atoms with Gasteiger partial charge in [0.05, 0.1) is 5.92 Å². The molecule has 2 rings (SSSR count). The van der Waals surface area contributed by atoms with Crippen LogP contribution in [-0.4, -0.2) is 18.0 Å². The van der Waals surface area contributed by atoms with Crippen LogP contribution < -0.4 is 5.32 Å². The van der Waals surface area contributed by atoms with Crippen molar-refractivity contribution < 1.29 is 14.3 Å². The Hall–Kier alpha value is -1.84. The van der Waals surface area contributed by atoms with Gasteiger partial charge in [0, 0.05) is 5.69 Å². The maximum Gasteiger partial charge on any atom is 0.309 e. The van der Waals surface area contributed by atoms with Crippen LogP contribution >= 0.6 is 0 Å². The number of anilines is 1. The van der Waals surface area contributed by atoms with Crippen LogP contribution in [-0.2, 0) is 14.3 Å². The van der Waals surface area contributed by atoms with Crippen molar-refractivity contribution in [3.63, 3.8) is 0 Å². The molecule has 1 N–H and O–H groups in total. The molecule has 0 bridgehead atoms. The van der Waals surface area contributed by atoms with Crippen molar-refractivity contribution in [2.45, 2.75) is 33.3 Å². The average molecular weight is 261 g/mol. The second kappa shape index (κ2) is 5.43. The van der Waals surface area contributed by atoms with E-state index in [4.69, 9.17) is 4.74 Å². The van der Waals surface area contributed by atoms with Gasteiger partial charge in [-0.25, -0.2) is 0 Å². The third-order valence-electron chi connectivity index (χ3n) is 3.39. The van der Waals surface area contributed by atoms with E-state index in [1.54, 1.807) is 6.92 Å². The summed E-state index contributed by atoms with van der Waals surface area (Å²) in [5, 5.41) is 2.73. The lowest BCUT2D eigenvalue weighted by Crippen LogP contribution is -2.30. The van der Waals surface area contributed by atoms with Crippen molar-refractivity contribution in [2.24, 2.45) is 11.8 Å². The number of carbonyl (C=O) groups excluding carboxylic acids is 2. The summed E-state index contributed by atoms with van der Waals surface area (Å²) in [6, 6.07) is 7.48. The van der Waals surface area contributed by atoms with Crippen LogP contribution in [0.15, 0.2) is 24.3 Å². The predicted octanol–water partition coefficient (Wildman–Crippen LogP) is 2.52. The molecular formula is C15H19NO3. The lowest BCUT2D eigenvalue weighted by molar-refractivity contribution is -0.154. The van der Waals surface area contributed by atoms with E-state index in [0.29, 0.717) is 11.6 Å². The van der Waals surface area contributed by atoms with Crippen LogP contribution in [0, 0.1) is 18.8 Å². The number of hydrogen-bond acceptors (Lipinski definition) is 3. The molecule has 1 aliphatic rings. The van der Waals surface area contributed by atoms with E-state index in [-0.39, 0.29) is 17.8 Å². The van der Waals surface area contributed by atoms with Gasteiger partial charge in [-0.05, 0) is 38.3 Å². The largest absolute Gasteiger partial charge is 0.452 e. The van der Waals surface area contributed by atoms with Gasteiger partial charge in [-0.1, -0.05) is 24.6 Å². The number of aryl methyl sites for hydroxylation is 1. The van der Waals surface area contributed by atoms with Crippen LogP contribution in [0.25, 0.3) is 0 Å². The van der Waals surface area contributed by atoms with Gasteiger partial charge < -0.3 is 10.1 Å². The summed E-state index contributed by atoms with van der Waals surface area (Å²) in [7, 11) is 0. The number of hydrogen-bond donors (Lipinski definition) is 1. The number of ether oxygens (including phenoxy) is 1. The van der Waals surface area contributed by atoms with E-state index < -0.39 is 6.10 Å². The first-order valence-corrected chi connectivity index (χ1v) is 6.55. The molecule has 1 aliphatic carbocycles. The molecule has 1 aromatic carbocycles. The van der Waals surface area contributed by atoms with Gasteiger partial charge in [-0.15, -0.1) is 0 Å². The fourth-order valence-corrected chi connectivity index (χ4v) is 1.85. The minimum Gasteiger partial charge on any atom is -0.452 e. The van der Waals surface area contributed by atoms with Crippen molar-refractivity contribution in [2.75, 3.05) is 5.32 Å². The first kappa shape index (κ1) is 13.6. The van der Waals surface area contributed by atoms with Gasteiger partial charge in [0.1, 0.15) is 0 Å². The van der Waals surface area contributed by atoms with Crippen molar-refractivity contribution in [1.29, 1.82) is 0 Å². The molecule has 0 aromatic heterocycles. The zero-order chi connectivity index (χ0) is 14.0. The highest BCUT2D eigenvalue weighted by Crippen LogP contribution is 2.38. The maximum atomic E-state index is 11.9. The number of nitrogens with one attached hydrogen (secondary N) is 1. The van der Waals surface area contributed by atoms with Gasteiger partial charge in [-0.3, -0.25) is 9.59 Å². The molecule has 0 saturated heterocycles. The smallest absolute Gasteiger partial charge is 0.309 e. The quantitative estimate of drug-likeness (QED) is 0.847. The van der Waals surface area contributed by atoms with E-state index in [0.717, 1.165) is 12.0 Å². The second-order valence-corrected chi connectivity index (χ2v) is 5.25. The molecule has 0 heterocycles. The Kier molecular flexibility index (Phi) is 3.88. The highest BCUT2D eigenvalue weighted by atomic mass is 16.5. The Bertz CT molecular complexity index is 481. The van der Waals surface area contributed by atoms with Crippen LogP contribution in [0.5, 0.6) is 0 Å². The van der Waals surface area contributed by atoms with Gasteiger partial charge in [0.15, 0.2) is 6.10 Å². The van der Waals surface area contributed by atoms with Gasteiger partial charge >= 0.3 is 5.97 Å². The normalized spacial score (nSPS) is 22.5. The summed E-state index contributed by atoms with van der Waals surface area (Å²) in [4.78, 5) is 23.5. The van der Waals surface area contributed by atoms with Crippen LogP contribution in [0.3, 0.4) is 0 Å². The Morgan fingerprint density at radius 1 is 1.32 bits per heavy atom. The summed E-state index contributed by atoms with van der Waals surface area (Å²) in [6.07, 6.45) is 0.104. The van der Waals surface area contributed by atoms with E-state index in [1.165, 1.54) is 0 Å². The number of benzene rings is 1. The number of rotatable bonds is 4. The van der Waals surface area contributed by atoms with E-state index >= 15 is 0 Å². The SMILES string of the molecule is Cc1ccc(NC(=O)[C@H](C)OC(=O)[C@@H]2C[C@@H]2C)cc1. The molecule has 1 amide bonds. The Balaban J connectivity index is 1.85. The minimum atomic E-state index is -0.762. The molecule has 0 aliphatic heterocycles. The first-order chi connectivity index (χ1) is 8.97. The minimum absolute atomic E-state index is 0.0189. The van der Waals surface area contributed by atoms with E-state index in [1.807, 2.05) is 38.1 Å². The topological polar surface area (TPSA) is 55.4 Å². The predicted molar refractivity (Wildman–Crippen MR) is 72.6 cm³/mol. The van der Waals surface area contributed by atoms with Crippen LogP contribution in [0.1, 0.15) is 25.8 Å². The zero-order valence-electron chi connectivity index (χ0n) is 11.5. The molecule has 0 spiro atoms. The molecule has 1 aromatic rings. The van der Waals surface area contributed by atoms with Crippen molar-refractivity contribution >= 4 is 17.6 Å². The Labute approximate surface area is 113 Å². The molecule has 4 heteroatoms. The summed E-state index contributed by atoms with van der Waals surface area (Å²) in [5.74, 6) is -0.195. The fourth-order valence-electron chi connectivity index (χ4n) is 1.85. The van der Waals surface area contributed by atoms with Gasteiger partial charge in [0.25, 0.3) is 5.91 Å². The third-order valence-corrected chi connectivity index (χ3v) is 3.39. The molecule has 102 valence electrons. The highest BCUT2D eigenvalue weighted by molar-refractivity contribution is 5.95. The van der Waals surface area contributed by atoms with Crippen molar-refractivity contribution in [1.82, 2.24) is 0 Å². The van der Waals surface area contributed by atoms with Gasteiger partial charge in [-0.2, -0.15) is 0 Å². The first-order valence-electron chi connectivity index (χ1n) is 6.55. The number of amides is 1. The number of carbonyl (C=O) groups is 2. The molecule has 3 atom stereocenters. The zero-order valence-corrected chi connectivity index (χ0v) is 11.5. The Morgan fingerprint density at radius 2 is 1.89 bits per heavy atom. The van der Waals surface area contributed by atoms with Crippen LogP contribution in [0.2, 0.25) is 0 Å². The summed E-state index contributed by atoms with van der Waals surface area (Å²) >= 11 is 0. The molecule has 1 fully saturated rings. The second-order valence-electron chi connectivity index (χ2n) is 5.25. The fraction of sp³-hybridized carbons (Fsp3) is 0.467. The van der Waals surface area contributed by atoms with Crippen molar-refractivity contribution in [3.8, 4) is 0 Å². The maximum absolute atomic E-state index is 11.9. The molecular weight excluding hydrogens is 242 g/mol.